The Bertz CT molecular complexity index is 629. The second-order valence-corrected chi connectivity index (χ2v) is 7.10. The number of hydrogen-bond acceptors (Lipinski definition) is 4. The molecule has 0 aromatic heterocycles. The molecule has 0 aliphatic rings. The second kappa shape index (κ2) is 11.2. The van der Waals surface area contributed by atoms with Crippen LogP contribution in [0.3, 0.4) is 0 Å². The van der Waals surface area contributed by atoms with Gasteiger partial charge in [-0.05, 0) is 24.5 Å². The zero-order chi connectivity index (χ0) is 19.6. The van der Waals surface area contributed by atoms with Crippen LogP contribution in [-0.2, 0) is 22.7 Å². The normalized spacial score (nSPS) is 17.1. The predicted molar refractivity (Wildman–Crippen MR) is 107 cm³/mol. The molecule has 0 heterocycles. The molecular formula is C23H32O4. The molecule has 2 rings (SSSR count). The topological polar surface area (TPSA) is 58.9 Å². The quantitative estimate of drug-likeness (QED) is 0.627. The van der Waals surface area contributed by atoms with Crippen LogP contribution in [-0.4, -0.2) is 34.6 Å². The van der Waals surface area contributed by atoms with Gasteiger partial charge >= 0.3 is 0 Å². The first-order valence-electron chi connectivity index (χ1n) is 9.70. The molecule has 0 spiro atoms. The highest BCUT2D eigenvalue weighted by Crippen LogP contribution is 2.24. The van der Waals surface area contributed by atoms with Crippen molar-refractivity contribution in [2.75, 3.05) is 0 Å². The Balaban J connectivity index is 2.13. The summed E-state index contributed by atoms with van der Waals surface area (Å²) in [5.41, 5.74) is 2.08. The van der Waals surface area contributed by atoms with Gasteiger partial charge in [0.15, 0.2) is 0 Å². The Hall–Kier alpha value is -1.72. The van der Waals surface area contributed by atoms with Crippen molar-refractivity contribution >= 4 is 0 Å². The Kier molecular flexibility index (Phi) is 8.95. The van der Waals surface area contributed by atoms with Gasteiger partial charge in [-0.25, -0.2) is 0 Å². The van der Waals surface area contributed by atoms with E-state index in [1.807, 2.05) is 74.5 Å². The van der Waals surface area contributed by atoms with Gasteiger partial charge in [0.05, 0.1) is 31.5 Å². The van der Waals surface area contributed by atoms with Crippen molar-refractivity contribution in [3.8, 4) is 0 Å². The van der Waals surface area contributed by atoms with Crippen LogP contribution >= 0.6 is 0 Å². The first-order chi connectivity index (χ1) is 13.0. The van der Waals surface area contributed by atoms with Gasteiger partial charge in [0.25, 0.3) is 0 Å². The van der Waals surface area contributed by atoms with Gasteiger partial charge in [-0.15, -0.1) is 0 Å². The molecule has 0 amide bonds. The van der Waals surface area contributed by atoms with E-state index in [2.05, 4.69) is 0 Å². The molecule has 4 heteroatoms. The maximum atomic E-state index is 10.4. The number of hydrogen-bond donors (Lipinski definition) is 2. The molecule has 5 atom stereocenters. The van der Waals surface area contributed by atoms with E-state index in [-0.39, 0.29) is 5.92 Å². The molecule has 27 heavy (non-hydrogen) atoms. The summed E-state index contributed by atoms with van der Waals surface area (Å²) in [5.74, 6) is -0.172. The Morgan fingerprint density at radius 2 is 1.19 bits per heavy atom. The largest absolute Gasteiger partial charge is 0.393 e. The molecule has 0 bridgehead atoms. The summed E-state index contributed by atoms with van der Waals surface area (Å²) in [5, 5.41) is 20.8. The van der Waals surface area contributed by atoms with Crippen molar-refractivity contribution in [2.24, 2.45) is 5.92 Å². The third-order valence-electron chi connectivity index (χ3n) is 4.91. The fourth-order valence-electron chi connectivity index (χ4n) is 3.18. The summed E-state index contributed by atoms with van der Waals surface area (Å²) in [7, 11) is 0. The van der Waals surface area contributed by atoms with E-state index in [0.717, 1.165) is 11.1 Å². The Labute approximate surface area is 162 Å². The zero-order valence-electron chi connectivity index (χ0n) is 16.5. The van der Waals surface area contributed by atoms with E-state index < -0.39 is 24.4 Å². The lowest BCUT2D eigenvalue weighted by Gasteiger charge is -2.35. The van der Waals surface area contributed by atoms with Crippen molar-refractivity contribution in [1.82, 2.24) is 0 Å². The van der Waals surface area contributed by atoms with E-state index in [9.17, 15) is 10.2 Å². The minimum Gasteiger partial charge on any atom is -0.393 e. The molecule has 2 aromatic rings. The Morgan fingerprint density at radius 1 is 0.741 bits per heavy atom. The van der Waals surface area contributed by atoms with Gasteiger partial charge in [0, 0.05) is 5.92 Å². The van der Waals surface area contributed by atoms with Crippen molar-refractivity contribution in [2.45, 2.75) is 64.8 Å². The number of aliphatic hydroxyl groups excluding tert-OH is 2. The summed E-state index contributed by atoms with van der Waals surface area (Å²) < 4.78 is 12.2. The molecule has 148 valence electrons. The maximum absolute atomic E-state index is 10.4. The van der Waals surface area contributed by atoms with Crippen LogP contribution in [0.4, 0.5) is 0 Å². The molecule has 0 saturated carbocycles. The molecule has 0 aliphatic carbocycles. The summed E-state index contributed by atoms with van der Waals surface area (Å²) in [6, 6.07) is 19.8. The van der Waals surface area contributed by atoms with Gasteiger partial charge in [-0.1, -0.05) is 74.5 Å². The van der Waals surface area contributed by atoms with Gasteiger partial charge in [-0.2, -0.15) is 0 Å². The molecule has 0 radical (unpaired) electrons. The molecule has 4 nitrogen and oxygen atoms in total. The molecule has 1 unspecified atom stereocenters. The smallest absolute Gasteiger partial charge is 0.110 e. The van der Waals surface area contributed by atoms with Gasteiger partial charge in [0.2, 0.25) is 0 Å². The lowest BCUT2D eigenvalue weighted by Crippen LogP contribution is -2.46. The van der Waals surface area contributed by atoms with E-state index >= 15 is 0 Å². The zero-order valence-corrected chi connectivity index (χ0v) is 16.5. The molecule has 2 aromatic carbocycles. The molecule has 2 N–H and O–H groups in total. The van der Waals surface area contributed by atoms with Crippen molar-refractivity contribution in [1.29, 1.82) is 0 Å². The fraction of sp³-hybridized carbons (Fsp3) is 0.478. The van der Waals surface area contributed by atoms with Gasteiger partial charge < -0.3 is 19.7 Å². The average molecular weight is 373 g/mol. The molecule has 0 aliphatic heterocycles. The highest BCUT2D eigenvalue weighted by atomic mass is 16.5. The third-order valence-corrected chi connectivity index (χ3v) is 4.91. The molecular weight excluding hydrogens is 340 g/mol. The summed E-state index contributed by atoms with van der Waals surface area (Å²) in [6.07, 6.45) is -1.58. The van der Waals surface area contributed by atoms with Crippen LogP contribution < -0.4 is 0 Å². The van der Waals surface area contributed by atoms with Crippen molar-refractivity contribution in [3.05, 3.63) is 71.8 Å². The SMILES string of the molecule is CC[C@@H](O)[C@@H](C)[C@H](OCc1ccccc1)[C@@H](OCc1ccccc1)C(C)O. The van der Waals surface area contributed by atoms with Crippen LogP contribution in [0.2, 0.25) is 0 Å². The Morgan fingerprint density at radius 3 is 1.59 bits per heavy atom. The van der Waals surface area contributed by atoms with Gasteiger partial charge in [0.1, 0.15) is 6.10 Å². The first kappa shape index (κ1) is 21.6. The second-order valence-electron chi connectivity index (χ2n) is 7.10. The number of rotatable bonds is 11. The fourth-order valence-corrected chi connectivity index (χ4v) is 3.18. The highest BCUT2D eigenvalue weighted by Gasteiger charge is 2.35. The number of aliphatic hydroxyl groups is 2. The van der Waals surface area contributed by atoms with E-state index in [1.54, 1.807) is 6.92 Å². The van der Waals surface area contributed by atoms with Crippen LogP contribution in [0.25, 0.3) is 0 Å². The molecule has 0 fully saturated rings. The summed E-state index contributed by atoms with van der Waals surface area (Å²) in [6.45, 7) is 6.39. The van der Waals surface area contributed by atoms with Crippen molar-refractivity contribution in [3.63, 3.8) is 0 Å². The standard InChI is InChI=1S/C23H32O4/c1-4-21(25)17(2)22(26-15-19-11-7-5-8-12-19)23(18(3)24)27-16-20-13-9-6-10-14-20/h5-14,17-18,21-25H,4,15-16H2,1-3H3/t17-,18?,21-,22+,23+/m1/s1. The van der Waals surface area contributed by atoms with Crippen LogP contribution in [0.1, 0.15) is 38.3 Å². The predicted octanol–water partition coefficient (Wildman–Crippen LogP) is 3.95. The first-order valence-corrected chi connectivity index (χ1v) is 9.70. The number of benzene rings is 2. The average Bonchev–Trinajstić information content (AvgIpc) is 2.70. The van der Waals surface area contributed by atoms with E-state index in [1.165, 1.54) is 0 Å². The third kappa shape index (κ3) is 6.74. The van der Waals surface area contributed by atoms with E-state index in [4.69, 9.17) is 9.47 Å². The van der Waals surface area contributed by atoms with Crippen LogP contribution in [0.5, 0.6) is 0 Å². The minimum atomic E-state index is -0.721. The van der Waals surface area contributed by atoms with Gasteiger partial charge in [-0.3, -0.25) is 0 Å². The minimum absolute atomic E-state index is 0.172. The van der Waals surface area contributed by atoms with Crippen LogP contribution in [0, 0.1) is 5.92 Å². The van der Waals surface area contributed by atoms with Crippen molar-refractivity contribution < 1.29 is 19.7 Å². The molecule has 0 saturated heterocycles. The summed E-state index contributed by atoms with van der Waals surface area (Å²) >= 11 is 0. The van der Waals surface area contributed by atoms with Crippen LogP contribution in [0.15, 0.2) is 60.7 Å². The van der Waals surface area contributed by atoms with E-state index in [0.29, 0.717) is 19.6 Å². The summed E-state index contributed by atoms with van der Waals surface area (Å²) in [4.78, 5) is 0. The lowest BCUT2D eigenvalue weighted by atomic mass is 9.90. The number of ether oxygens (including phenoxy) is 2. The lowest BCUT2D eigenvalue weighted by molar-refractivity contribution is -0.157. The highest BCUT2D eigenvalue weighted by molar-refractivity contribution is 5.14. The maximum Gasteiger partial charge on any atom is 0.110 e. The monoisotopic (exact) mass is 372 g/mol.